The summed E-state index contributed by atoms with van der Waals surface area (Å²) in [5, 5.41) is 0.0819. The van der Waals surface area contributed by atoms with Gasteiger partial charge < -0.3 is 4.90 Å². The SMILES string of the molecule is Cc1ncnc(N(C)CCC(C)Cl)c1F. The third kappa shape index (κ3) is 3.30. The Kier molecular flexibility index (Phi) is 4.27. The number of alkyl halides is 1. The molecule has 0 aromatic carbocycles. The Morgan fingerprint density at radius 2 is 2.20 bits per heavy atom. The van der Waals surface area contributed by atoms with Crippen LogP contribution in [0.15, 0.2) is 6.33 Å². The van der Waals surface area contributed by atoms with E-state index in [4.69, 9.17) is 11.6 Å². The van der Waals surface area contributed by atoms with Gasteiger partial charge in [-0.25, -0.2) is 14.4 Å². The zero-order valence-electron chi connectivity index (χ0n) is 9.17. The second-order valence-electron chi connectivity index (χ2n) is 3.59. The summed E-state index contributed by atoms with van der Waals surface area (Å²) in [5.74, 6) is -0.0259. The Morgan fingerprint density at radius 3 is 2.80 bits per heavy atom. The molecular formula is C10H15ClFN3. The monoisotopic (exact) mass is 231 g/mol. The highest BCUT2D eigenvalue weighted by Crippen LogP contribution is 2.16. The van der Waals surface area contributed by atoms with Crippen molar-refractivity contribution in [2.24, 2.45) is 0 Å². The molecule has 1 aromatic rings. The van der Waals surface area contributed by atoms with Gasteiger partial charge in [-0.3, -0.25) is 0 Å². The Morgan fingerprint density at radius 1 is 1.53 bits per heavy atom. The normalized spacial score (nSPS) is 12.6. The standard InChI is InChI=1S/C10H15ClFN3/c1-7(11)4-5-15(3)10-9(12)8(2)13-6-14-10/h6-7H,4-5H2,1-3H3. The predicted molar refractivity (Wildman–Crippen MR) is 59.9 cm³/mol. The molecule has 0 aliphatic heterocycles. The Bertz CT molecular complexity index is 330. The van der Waals surface area contributed by atoms with E-state index >= 15 is 0 Å². The summed E-state index contributed by atoms with van der Waals surface area (Å²) in [6.07, 6.45) is 2.16. The average molecular weight is 232 g/mol. The van der Waals surface area contributed by atoms with E-state index in [2.05, 4.69) is 9.97 Å². The second kappa shape index (κ2) is 5.26. The number of aryl methyl sites for hydroxylation is 1. The summed E-state index contributed by atoms with van der Waals surface area (Å²) < 4.78 is 13.6. The number of anilines is 1. The Balaban J connectivity index is 2.73. The molecule has 0 amide bonds. The summed E-state index contributed by atoms with van der Waals surface area (Å²) in [5.41, 5.74) is 0.366. The maximum atomic E-state index is 13.6. The molecule has 0 aliphatic carbocycles. The van der Waals surface area contributed by atoms with Gasteiger partial charge in [-0.15, -0.1) is 11.6 Å². The third-order valence-corrected chi connectivity index (χ3v) is 2.39. The first-order valence-electron chi connectivity index (χ1n) is 4.84. The quantitative estimate of drug-likeness (QED) is 0.745. The largest absolute Gasteiger partial charge is 0.357 e. The molecule has 0 saturated carbocycles. The van der Waals surface area contributed by atoms with Crippen LogP contribution in [0.5, 0.6) is 0 Å². The van der Waals surface area contributed by atoms with Crippen LogP contribution in [0.25, 0.3) is 0 Å². The zero-order chi connectivity index (χ0) is 11.4. The van der Waals surface area contributed by atoms with Gasteiger partial charge in [0.1, 0.15) is 6.33 Å². The molecule has 0 bridgehead atoms. The van der Waals surface area contributed by atoms with Gasteiger partial charge in [-0.1, -0.05) is 0 Å². The summed E-state index contributed by atoms with van der Waals surface area (Å²) in [7, 11) is 1.80. The predicted octanol–water partition coefficient (Wildman–Crippen LogP) is 2.38. The van der Waals surface area contributed by atoms with E-state index < -0.39 is 0 Å². The van der Waals surface area contributed by atoms with Crippen LogP contribution in [0, 0.1) is 12.7 Å². The first-order valence-corrected chi connectivity index (χ1v) is 5.28. The van der Waals surface area contributed by atoms with Gasteiger partial charge >= 0.3 is 0 Å². The van der Waals surface area contributed by atoms with E-state index in [-0.39, 0.29) is 11.2 Å². The van der Waals surface area contributed by atoms with Crippen LogP contribution in [0.4, 0.5) is 10.2 Å². The van der Waals surface area contributed by atoms with Crippen molar-refractivity contribution in [3.05, 3.63) is 17.8 Å². The van der Waals surface area contributed by atoms with Crippen LogP contribution in [0.1, 0.15) is 19.0 Å². The third-order valence-electron chi connectivity index (χ3n) is 2.17. The number of rotatable bonds is 4. The molecule has 1 atom stereocenters. The van der Waals surface area contributed by atoms with Gasteiger partial charge in [0.2, 0.25) is 0 Å². The molecule has 84 valence electrons. The lowest BCUT2D eigenvalue weighted by atomic mass is 10.3. The highest BCUT2D eigenvalue weighted by molar-refractivity contribution is 6.20. The fourth-order valence-electron chi connectivity index (χ4n) is 1.19. The molecule has 0 N–H and O–H groups in total. The molecular weight excluding hydrogens is 217 g/mol. The molecule has 0 spiro atoms. The molecule has 5 heteroatoms. The molecule has 1 heterocycles. The number of hydrogen-bond donors (Lipinski definition) is 0. The highest BCUT2D eigenvalue weighted by atomic mass is 35.5. The lowest BCUT2D eigenvalue weighted by Gasteiger charge is -2.19. The molecule has 1 unspecified atom stereocenters. The summed E-state index contributed by atoms with van der Waals surface area (Å²) in [6.45, 7) is 4.22. The van der Waals surface area contributed by atoms with Crippen molar-refractivity contribution in [3.63, 3.8) is 0 Å². The second-order valence-corrected chi connectivity index (χ2v) is 4.33. The average Bonchev–Trinajstić information content (AvgIpc) is 2.18. The maximum Gasteiger partial charge on any atom is 0.186 e. The summed E-state index contributed by atoms with van der Waals surface area (Å²) in [6, 6.07) is 0. The van der Waals surface area contributed by atoms with E-state index in [0.717, 1.165) is 6.42 Å². The van der Waals surface area contributed by atoms with Gasteiger partial charge in [-0.2, -0.15) is 0 Å². The summed E-state index contributed by atoms with van der Waals surface area (Å²) in [4.78, 5) is 9.44. The first kappa shape index (κ1) is 12.2. The molecule has 0 saturated heterocycles. The van der Waals surface area contributed by atoms with Crippen LogP contribution in [-0.4, -0.2) is 28.9 Å². The molecule has 1 aromatic heterocycles. The van der Waals surface area contributed by atoms with Gasteiger partial charge in [0.15, 0.2) is 11.6 Å². The van der Waals surface area contributed by atoms with Crippen molar-refractivity contribution < 1.29 is 4.39 Å². The highest BCUT2D eigenvalue weighted by Gasteiger charge is 2.12. The van der Waals surface area contributed by atoms with Crippen LogP contribution < -0.4 is 4.90 Å². The maximum absolute atomic E-state index is 13.6. The van der Waals surface area contributed by atoms with Crippen LogP contribution in [-0.2, 0) is 0 Å². The minimum Gasteiger partial charge on any atom is -0.357 e. The van der Waals surface area contributed by atoms with Crippen molar-refractivity contribution in [2.75, 3.05) is 18.5 Å². The molecule has 0 radical (unpaired) electrons. The van der Waals surface area contributed by atoms with Crippen molar-refractivity contribution >= 4 is 17.4 Å². The van der Waals surface area contributed by atoms with Gasteiger partial charge in [0.25, 0.3) is 0 Å². The fourth-order valence-corrected chi connectivity index (χ4v) is 1.29. The van der Waals surface area contributed by atoms with Gasteiger partial charge in [-0.05, 0) is 20.3 Å². The van der Waals surface area contributed by atoms with E-state index in [0.29, 0.717) is 18.1 Å². The Hall–Kier alpha value is -0.900. The van der Waals surface area contributed by atoms with E-state index in [1.807, 2.05) is 6.92 Å². The number of nitrogens with zero attached hydrogens (tertiary/aromatic N) is 3. The molecule has 1 rings (SSSR count). The molecule has 0 aliphatic rings. The Labute approximate surface area is 94.3 Å². The minimum absolute atomic E-state index is 0.0819. The van der Waals surface area contributed by atoms with Crippen molar-refractivity contribution in [3.8, 4) is 0 Å². The van der Waals surface area contributed by atoms with Gasteiger partial charge in [0, 0.05) is 19.0 Å². The smallest absolute Gasteiger partial charge is 0.186 e. The first-order chi connectivity index (χ1) is 7.02. The van der Waals surface area contributed by atoms with Crippen LogP contribution in [0.3, 0.4) is 0 Å². The number of aromatic nitrogens is 2. The molecule has 15 heavy (non-hydrogen) atoms. The molecule has 0 fully saturated rings. The fraction of sp³-hybridized carbons (Fsp3) is 0.600. The summed E-state index contributed by atoms with van der Waals surface area (Å²) >= 11 is 5.83. The van der Waals surface area contributed by atoms with Crippen molar-refractivity contribution in [1.82, 2.24) is 9.97 Å². The lowest BCUT2D eigenvalue weighted by Crippen LogP contribution is -2.23. The van der Waals surface area contributed by atoms with Crippen LogP contribution in [0.2, 0.25) is 0 Å². The zero-order valence-corrected chi connectivity index (χ0v) is 9.92. The van der Waals surface area contributed by atoms with E-state index in [1.54, 1.807) is 18.9 Å². The number of hydrogen-bond acceptors (Lipinski definition) is 3. The van der Waals surface area contributed by atoms with E-state index in [9.17, 15) is 4.39 Å². The molecule has 3 nitrogen and oxygen atoms in total. The van der Waals surface area contributed by atoms with Crippen molar-refractivity contribution in [1.29, 1.82) is 0 Å². The topological polar surface area (TPSA) is 29.0 Å². The lowest BCUT2D eigenvalue weighted by molar-refractivity contribution is 0.593. The minimum atomic E-state index is -0.359. The van der Waals surface area contributed by atoms with Crippen molar-refractivity contribution in [2.45, 2.75) is 25.6 Å². The van der Waals surface area contributed by atoms with E-state index in [1.165, 1.54) is 6.33 Å². The number of halogens is 2. The van der Waals surface area contributed by atoms with Gasteiger partial charge in [0.05, 0.1) is 5.69 Å². The van der Waals surface area contributed by atoms with Crippen LogP contribution >= 0.6 is 11.6 Å².